The van der Waals surface area contributed by atoms with Crippen LogP contribution in [-0.4, -0.2) is 60.1 Å². The van der Waals surface area contributed by atoms with E-state index in [1.165, 1.54) is 5.69 Å². The van der Waals surface area contributed by atoms with Gasteiger partial charge in [0, 0.05) is 13.5 Å². The van der Waals surface area contributed by atoms with Gasteiger partial charge >= 0.3 is 0 Å². The van der Waals surface area contributed by atoms with Crippen LogP contribution >= 0.6 is 0 Å². The summed E-state index contributed by atoms with van der Waals surface area (Å²) in [6, 6.07) is 11.2. The lowest BCUT2D eigenvalue weighted by atomic mass is 10.1. The second-order valence-corrected chi connectivity index (χ2v) is 6.72. The van der Waals surface area contributed by atoms with E-state index in [1.54, 1.807) is 16.9 Å². The fourth-order valence-electron chi connectivity index (χ4n) is 3.79. The zero-order chi connectivity index (χ0) is 17.5. The Kier molecular flexibility index (Phi) is 6.49. The van der Waals surface area contributed by atoms with Crippen molar-refractivity contribution in [1.29, 1.82) is 0 Å². The largest absolute Gasteiger partial charge is 0.383 e. The summed E-state index contributed by atoms with van der Waals surface area (Å²) < 4.78 is 7.12. The number of quaternary nitrogens is 2. The van der Waals surface area contributed by atoms with Gasteiger partial charge in [-0.15, -0.1) is 5.10 Å². The molecule has 3 rings (SSSR count). The third-order valence-corrected chi connectivity index (χ3v) is 5.13. The molecule has 7 nitrogen and oxygen atoms in total. The zero-order valence-electron chi connectivity index (χ0n) is 15.3. The second kappa shape index (κ2) is 9.03. The van der Waals surface area contributed by atoms with Crippen LogP contribution in [-0.2, 0) is 11.3 Å². The van der Waals surface area contributed by atoms with Crippen molar-refractivity contribution in [1.82, 2.24) is 20.2 Å². The summed E-state index contributed by atoms with van der Waals surface area (Å²) in [4.78, 5) is 3.19. The Balaban J connectivity index is 1.67. The molecule has 1 aromatic heterocycles. The highest BCUT2D eigenvalue weighted by Crippen LogP contribution is 2.12. The lowest BCUT2D eigenvalue weighted by molar-refractivity contribution is -1.01. The highest BCUT2D eigenvalue weighted by molar-refractivity contribution is 5.27. The van der Waals surface area contributed by atoms with E-state index in [9.17, 15) is 0 Å². The van der Waals surface area contributed by atoms with Gasteiger partial charge in [0.25, 0.3) is 0 Å². The van der Waals surface area contributed by atoms with Crippen molar-refractivity contribution < 1.29 is 14.5 Å². The summed E-state index contributed by atoms with van der Waals surface area (Å²) in [6.45, 7) is 8.18. The average molecular weight is 346 g/mol. The monoisotopic (exact) mass is 346 g/mol. The molecule has 1 atom stereocenters. The molecule has 7 heteroatoms. The van der Waals surface area contributed by atoms with Gasteiger partial charge in [0.2, 0.25) is 5.82 Å². The van der Waals surface area contributed by atoms with Crippen LogP contribution in [0, 0.1) is 0 Å². The van der Waals surface area contributed by atoms with Crippen LogP contribution in [0.2, 0.25) is 0 Å². The molecular formula is C18H30N6O+2. The molecule has 2 aromatic rings. The van der Waals surface area contributed by atoms with Crippen molar-refractivity contribution in [2.45, 2.75) is 32.4 Å². The van der Waals surface area contributed by atoms with E-state index in [4.69, 9.17) is 4.74 Å². The number of aromatic nitrogens is 4. The summed E-state index contributed by atoms with van der Waals surface area (Å²) >= 11 is 0. The van der Waals surface area contributed by atoms with E-state index in [-0.39, 0.29) is 0 Å². The SMILES string of the molecule is CCC[C@@H](c1nnnn1CCOC)[NH+]1CC[NH+](c2ccccc2)CC1. The van der Waals surface area contributed by atoms with E-state index in [1.807, 2.05) is 4.68 Å². The van der Waals surface area contributed by atoms with Crippen molar-refractivity contribution in [3.8, 4) is 0 Å². The Morgan fingerprint density at radius 2 is 1.92 bits per heavy atom. The van der Waals surface area contributed by atoms with E-state index in [0.717, 1.165) is 44.8 Å². The summed E-state index contributed by atoms with van der Waals surface area (Å²) in [6.07, 6.45) is 2.25. The van der Waals surface area contributed by atoms with Gasteiger partial charge < -0.3 is 9.64 Å². The number of nitrogens with one attached hydrogen (secondary N) is 2. The van der Waals surface area contributed by atoms with Crippen LogP contribution in [0.3, 0.4) is 0 Å². The summed E-state index contributed by atoms with van der Waals surface area (Å²) in [5, 5.41) is 12.5. The summed E-state index contributed by atoms with van der Waals surface area (Å²) in [7, 11) is 1.71. The molecule has 0 unspecified atom stereocenters. The molecule has 1 aliphatic heterocycles. The molecule has 136 valence electrons. The van der Waals surface area contributed by atoms with Gasteiger partial charge in [-0.25, -0.2) is 4.68 Å². The van der Waals surface area contributed by atoms with Crippen molar-refractivity contribution in [3.05, 3.63) is 36.2 Å². The van der Waals surface area contributed by atoms with E-state index in [0.29, 0.717) is 19.2 Å². The Labute approximate surface area is 149 Å². The molecule has 0 saturated carbocycles. The van der Waals surface area contributed by atoms with Crippen LogP contribution in [0.15, 0.2) is 30.3 Å². The molecule has 0 bridgehead atoms. The first kappa shape index (κ1) is 18.0. The quantitative estimate of drug-likeness (QED) is 0.662. The number of piperazine rings is 1. The molecular weight excluding hydrogens is 316 g/mol. The Hall–Kier alpha value is -1.83. The molecule has 1 fully saturated rings. The van der Waals surface area contributed by atoms with Gasteiger partial charge in [0.1, 0.15) is 37.9 Å². The fraction of sp³-hybridized carbons (Fsp3) is 0.611. The molecule has 1 aliphatic rings. The first-order valence-corrected chi connectivity index (χ1v) is 9.33. The highest BCUT2D eigenvalue weighted by atomic mass is 16.5. The van der Waals surface area contributed by atoms with Crippen LogP contribution in [0.1, 0.15) is 31.6 Å². The average Bonchev–Trinajstić information content (AvgIpc) is 3.13. The van der Waals surface area contributed by atoms with Crippen molar-refractivity contribution in [2.24, 2.45) is 0 Å². The van der Waals surface area contributed by atoms with Gasteiger partial charge in [-0.3, -0.25) is 4.90 Å². The Morgan fingerprint density at radius 1 is 1.16 bits per heavy atom. The van der Waals surface area contributed by atoms with Crippen molar-refractivity contribution in [3.63, 3.8) is 0 Å². The topological polar surface area (TPSA) is 61.7 Å². The standard InChI is InChI=1S/C18H28N6O/c1-3-7-17(18-19-20-21-24(18)14-15-25-2)23-12-10-22(11-13-23)16-8-5-4-6-9-16/h4-6,8-9,17H,3,7,10-15H2,1-2H3/p+2/t17-/m0/s1. The third kappa shape index (κ3) is 4.42. The predicted molar refractivity (Wildman–Crippen MR) is 94.8 cm³/mol. The number of methoxy groups -OCH3 is 1. The van der Waals surface area contributed by atoms with Crippen LogP contribution in [0.4, 0.5) is 5.69 Å². The maximum absolute atomic E-state index is 5.19. The van der Waals surface area contributed by atoms with E-state index < -0.39 is 0 Å². The molecule has 1 saturated heterocycles. The molecule has 2 heterocycles. The van der Waals surface area contributed by atoms with Gasteiger partial charge in [0.05, 0.1) is 13.2 Å². The summed E-state index contributed by atoms with van der Waals surface area (Å²) in [5.74, 6) is 1.01. The summed E-state index contributed by atoms with van der Waals surface area (Å²) in [5.41, 5.74) is 1.40. The molecule has 2 N–H and O–H groups in total. The third-order valence-electron chi connectivity index (χ3n) is 5.13. The maximum atomic E-state index is 5.19. The van der Waals surface area contributed by atoms with Crippen LogP contribution < -0.4 is 9.80 Å². The minimum absolute atomic E-state index is 0.370. The van der Waals surface area contributed by atoms with Gasteiger partial charge in [0.15, 0.2) is 0 Å². The number of ether oxygens (including phenoxy) is 1. The van der Waals surface area contributed by atoms with Crippen LogP contribution in [0.5, 0.6) is 0 Å². The van der Waals surface area contributed by atoms with Crippen molar-refractivity contribution >= 4 is 5.69 Å². The normalized spacial score (nSPS) is 22.0. The van der Waals surface area contributed by atoms with Gasteiger partial charge in [-0.1, -0.05) is 31.5 Å². The van der Waals surface area contributed by atoms with Gasteiger partial charge in [-0.2, -0.15) is 0 Å². The second-order valence-electron chi connectivity index (χ2n) is 6.72. The molecule has 0 radical (unpaired) electrons. The first-order valence-electron chi connectivity index (χ1n) is 9.33. The first-order chi connectivity index (χ1) is 12.3. The number of rotatable bonds is 8. The molecule has 1 aromatic carbocycles. The van der Waals surface area contributed by atoms with E-state index >= 15 is 0 Å². The minimum atomic E-state index is 0.370. The Morgan fingerprint density at radius 3 is 2.60 bits per heavy atom. The number of hydrogen-bond donors (Lipinski definition) is 2. The van der Waals surface area contributed by atoms with Crippen molar-refractivity contribution in [2.75, 3.05) is 39.9 Å². The predicted octanol–water partition coefficient (Wildman–Crippen LogP) is -0.724. The number of para-hydroxylation sites is 1. The number of tetrazole rings is 1. The molecule has 0 amide bonds. The maximum Gasteiger partial charge on any atom is 0.209 e. The van der Waals surface area contributed by atoms with E-state index in [2.05, 4.69) is 52.8 Å². The number of nitrogens with zero attached hydrogens (tertiary/aromatic N) is 4. The highest BCUT2D eigenvalue weighted by Gasteiger charge is 2.34. The smallest absolute Gasteiger partial charge is 0.209 e. The van der Waals surface area contributed by atoms with Crippen LogP contribution in [0.25, 0.3) is 0 Å². The minimum Gasteiger partial charge on any atom is -0.383 e. The van der Waals surface area contributed by atoms with Gasteiger partial charge in [-0.05, 0) is 22.6 Å². The molecule has 0 spiro atoms. The number of hydrogen-bond acceptors (Lipinski definition) is 4. The zero-order valence-corrected chi connectivity index (χ0v) is 15.3. The number of benzene rings is 1. The lowest BCUT2D eigenvalue weighted by Gasteiger charge is -2.33. The fourth-order valence-corrected chi connectivity index (χ4v) is 3.79. The lowest BCUT2D eigenvalue weighted by Crippen LogP contribution is -3.26. The molecule has 25 heavy (non-hydrogen) atoms. The molecule has 0 aliphatic carbocycles. The Bertz CT molecular complexity index is 624.